The van der Waals surface area contributed by atoms with Crippen LogP contribution in [0.2, 0.25) is 0 Å². The Kier molecular flexibility index (Phi) is 16.9. The highest BCUT2D eigenvalue weighted by molar-refractivity contribution is 5.98. The molecular weight excluding hydrogens is 580 g/mol. The van der Waals surface area contributed by atoms with Crippen molar-refractivity contribution in [3.05, 3.63) is 82.2 Å². The summed E-state index contributed by atoms with van der Waals surface area (Å²) in [5, 5.41) is 27.7. The number of nitriles is 3. The second-order valence-corrected chi connectivity index (χ2v) is 10.2. The van der Waals surface area contributed by atoms with Crippen molar-refractivity contribution < 1.29 is 19.1 Å². The normalized spacial score (nSPS) is 10.9. The first-order valence-corrected chi connectivity index (χ1v) is 15.4. The number of unbranched alkanes of at least 4 members (excludes halogenated alkanes) is 3. The second-order valence-electron chi connectivity index (χ2n) is 10.2. The largest absolute Gasteiger partial charge is 0.462 e. The van der Waals surface area contributed by atoms with Crippen LogP contribution in [0.4, 0.5) is 11.4 Å². The predicted molar refractivity (Wildman–Crippen MR) is 178 cm³/mol. The topological polar surface area (TPSA) is 135 Å². The van der Waals surface area contributed by atoms with Gasteiger partial charge in [0.05, 0.1) is 32.2 Å². The Morgan fingerprint density at radius 2 is 1.17 bits per heavy atom. The Labute approximate surface area is 272 Å². The molecule has 0 amide bonds. The van der Waals surface area contributed by atoms with E-state index >= 15 is 0 Å². The van der Waals surface area contributed by atoms with Crippen LogP contribution in [0.1, 0.15) is 57.1 Å². The number of hydrogen-bond donors (Lipinski definition) is 0. The fourth-order valence-electron chi connectivity index (χ4n) is 4.51. The number of carbonyl (C=O) groups excluding carboxylic acids is 2. The first kappa shape index (κ1) is 36.6. The van der Waals surface area contributed by atoms with E-state index in [1.807, 2.05) is 74.5 Å². The van der Waals surface area contributed by atoms with Crippen LogP contribution in [0.15, 0.2) is 59.7 Å². The fourth-order valence-corrected chi connectivity index (χ4v) is 4.51. The Morgan fingerprint density at radius 3 is 1.54 bits per heavy atom. The second kappa shape index (κ2) is 21.2. The van der Waals surface area contributed by atoms with Gasteiger partial charge in [-0.1, -0.05) is 24.3 Å². The molecule has 238 valence electrons. The minimum atomic E-state index is -0.682. The molecule has 46 heavy (non-hydrogen) atoms. The van der Waals surface area contributed by atoms with Gasteiger partial charge in [0, 0.05) is 31.0 Å². The molecule has 0 heterocycles. The van der Waals surface area contributed by atoms with E-state index in [2.05, 4.69) is 20.7 Å². The first-order valence-electron chi connectivity index (χ1n) is 15.4. The van der Waals surface area contributed by atoms with Gasteiger partial charge < -0.3 is 24.1 Å². The minimum absolute atomic E-state index is 0.0872. The molecule has 0 bridgehead atoms. The smallest absolute Gasteiger partial charge is 0.348 e. The highest BCUT2D eigenvalue weighted by atomic mass is 16.5. The lowest BCUT2D eigenvalue weighted by molar-refractivity contribution is -0.139. The summed E-state index contributed by atoms with van der Waals surface area (Å²) in [5.41, 5.74) is 3.15. The Morgan fingerprint density at radius 1 is 0.739 bits per heavy atom. The molecule has 2 aromatic carbocycles. The van der Waals surface area contributed by atoms with Gasteiger partial charge in [0.2, 0.25) is 6.54 Å². The molecule has 2 aromatic rings. The van der Waals surface area contributed by atoms with Crippen molar-refractivity contribution in [3.8, 4) is 18.2 Å². The van der Waals surface area contributed by atoms with Crippen LogP contribution in [0.3, 0.4) is 0 Å². The number of nitrogens with zero attached hydrogens (tertiary/aromatic N) is 6. The van der Waals surface area contributed by atoms with Crippen LogP contribution in [0.5, 0.6) is 0 Å². The van der Waals surface area contributed by atoms with E-state index in [0.29, 0.717) is 50.0 Å². The van der Waals surface area contributed by atoms with Gasteiger partial charge in [0.25, 0.3) is 0 Å². The summed E-state index contributed by atoms with van der Waals surface area (Å²) in [5.74, 6) is -1.36. The zero-order valence-corrected chi connectivity index (χ0v) is 26.6. The number of carbonyl (C=O) groups is 2. The maximum atomic E-state index is 12.4. The number of rotatable bonds is 19. The maximum absolute atomic E-state index is 12.4. The Bertz CT molecular complexity index is 1390. The molecule has 0 spiro atoms. The summed E-state index contributed by atoms with van der Waals surface area (Å²) in [7, 11) is 0. The molecule has 10 nitrogen and oxygen atoms in total. The van der Waals surface area contributed by atoms with Crippen LogP contribution in [-0.4, -0.2) is 57.9 Å². The standard InChI is InChI=1S/C36H40N6O4/c1-4-41(21-10-19-37)33-15-11-29(12-16-33)25-31(27-38)35(43)45-23-8-6-7-9-24-46-36(44)32(28-39)26-30-13-17-34(18-14-30)42(5-2)22-20-40-3/h11-18,25-26H,4-10,20-24H2,1-2H3/b31-25+,32-26+. The average Bonchev–Trinajstić information content (AvgIpc) is 3.08. The highest BCUT2D eigenvalue weighted by Gasteiger charge is 2.13. The van der Waals surface area contributed by atoms with E-state index in [1.165, 1.54) is 12.2 Å². The number of benzene rings is 2. The zero-order valence-electron chi connectivity index (χ0n) is 26.6. The van der Waals surface area contributed by atoms with Gasteiger partial charge in [-0.2, -0.15) is 15.8 Å². The SMILES string of the molecule is [C-]#[N+]CCN(CC)c1ccc(/C=C(\C#N)C(=O)OCCCCCCOC(=O)/C(C#N)=C/c2ccc(N(CC)CCC#N)cc2)cc1. The molecule has 0 aliphatic heterocycles. The van der Waals surface area contributed by atoms with E-state index in [0.717, 1.165) is 37.3 Å². The van der Waals surface area contributed by atoms with Crippen molar-refractivity contribution in [2.45, 2.75) is 46.0 Å². The summed E-state index contributed by atoms with van der Waals surface area (Å²) in [4.78, 5) is 32.4. The number of anilines is 2. The van der Waals surface area contributed by atoms with Crippen molar-refractivity contribution in [1.29, 1.82) is 15.8 Å². The number of likely N-dealkylation sites (N-methyl/N-ethyl adjacent to an activating group) is 1. The number of esters is 2. The van der Waals surface area contributed by atoms with Gasteiger partial charge >= 0.3 is 11.9 Å². The summed E-state index contributed by atoms with van der Waals surface area (Å²) >= 11 is 0. The molecule has 0 fully saturated rings. The van der Waals surface area contributed by atoms with Crippen molar-refractivity contribution in [1.82, 2.24) is 0 Å². The van der Waals surface area contributed by atoms with Crippen LogP contribution >= 0.6 is 0 Å². The molecule has 2 rings (SSSR count). The molecule has 0 saturated heterocycles. The average molecular weight is 621 g/mol. The zero-order chi connectivity index (χ0) is 33.6. The third-order valence-corrected chi connectivity index (χ3v) is 7.06. The minimum Gasteiger partial charge on any atom is -0.462 e. The lowest BCUT2D eigenvalue weighted by atomic mass is 10.1. The summed E-state index contributed by atoms with van der Waals surface area (Å²) < 4.78 is 10.5. The van der Waals surface area contributed by atoms with Gasteiger partial charge in [-0.25, -0.2) is 16.2 Å². The molecule has 0 aliphatic carbocycles. The van der Waals surface area contributed by atoms with Crippen LogP contribution < -0.4 is 9.80 Å². The van der Waals surface area contributed by atoms with E-state index in [9.17, 15) is 20.1 Å². The monoisotopic (exact) mass is 620 g/mol. The van der Waals surface area contributed by atoms with Gasteiger partial charge in [0.1, 0.15) is 23.3 Å². The summed E-state index contributed by atoms with van der Waals surface area (Å²) in [6, 6.07) is 20.8. The third-order valence-electron chi connectivity index (χ3n) is 7.06. The maximum Gasteiger partial charge on any atom is 0.348 e. The van der Waals surface area contributed by atoms with Crippen molar-refractivity contribution in [2.24, 2.45) is 0 Å². The quantitative estimate of drug-likeness (QED) is 0.0580. The van der Waals surface area contributed by atoms with Crippen molar-refractivity contribution in [2.75, 3.05) is 55.7 Å². The Balaban J connectivity index is 1.72. The lowest BCUT2D eigenvalue weighted by Gasteiger charge is -2.21. The van der Waals surface area contributed by atoms with Crippen LogP contribution in [0, 0.1) is 40.6 Å². The van der Waals surface area contributed by atoms with E-state index in [1.54, 1.807) is 0 Å². The first-order chi connectivity index (χ1) is 22.4. The number of ether oxygens (including phenoxy) is 2. The van der Waals surface area contributed by atoms with E-state index in [4.69, 9.17) is 21.3 Å². The van der Waals surface area contributed by atoms with E-state index < -0.39 is 11.9 Å². The van der Waals surface area contributed by atoms with Crippen molar-refractivity contribution >= 4 is 35.5 Å². The highest BCUT2D eigenvalue weighted by Crippen LogP contribution is 2.19. The molecule has 0 aromatic heterocycles. The van der Waals surface area contributed by atoms with E-state index in [-0.39, 0.29) is 24.4 Å². The number of hydrogen-bond acceptors (Lipinski definition) is 9. The lowest BCUT2D eigenvalue weighted by Crippen LogP contribution is -2.25. The molecule has 0 atom stereocenters. The van der Waals surface area contributed by atoms with Crippen LogP contribution in [-0.2, 0) is 19.1 Å². The van der Waals surface area contributed by atoms with Gasteiger partial charge in [0.15, 0.2) is 0 Å². The molecule has 0 N–H and O–H groups in total. The fraction of sp³-hybridized carbons (Fsp3) is 0.389. The van der Waals surface area contributed by atoms with Crippen molar-refractivity contribution in [3.63, 3.8) is 0 Å². The predicted octanol–water partition coefficient (Wildman–Crippen LogP) is 6.33. The molecule has 0 radical (unpaired) electrons. The molecule has 0 aliphatic rings. The molecular formula is C36H40N6O4. The van der Waals surface area contributed by atoms with Gasteiger partial charge in [-0.05, 0) is 87.1 Å². The molecule has 0 unspecified atom stereocenters. The summed E-state index contributed by atoms with van der Waals surface area (Å²) in [6.45, 7) is 14.5. The third kappa shape index (κ3) is 12.6. The van der Waals surface area contributed by atoms with Gasteiger partial charge in [-0.3, -0.25) is 0 Å². The Hall–Kier alpha value is -5.58. The van der Waals surface area contributed by atoms with Crippen LogP contribution in [0.25, 0.3) is 17.0 Å². The summed E-state index contributed by atoms with van der Waals surface area (Å²) in [6.07, 6.45) is 6.06. The van der Waals surface area contributed by atoms with Gasteiger partial charge in [-0.15, -0.1) is 0 Å². The molecule has 10 heteroatoms. The molecule has 0 saturated carbocycles.